The Morgan fingerprint density at radius 1 is 1.06 bits per heavy atom. The van der Waals surface area contributed by atoms with E-state index in [1.807, 2.05) is 0 Å². The van der Waals surface area contributed by atoms with Gasteiger partial charge in [-0.3, -0.25) is 0 Å². The van der Waals surface area contributed by atoms with Crippen molar-refractivity contribution >= 4 is 11.8 Å². The fourth-order valence-corrected chi connectivity index (χ4v) is 5.78. The average Bonchev–Trinajstić information content (AvgIpc) is 2.41. The topological polar surface area (TPSA) is 26.0 Å². The molecule has 0 spiro atoms. The molecule has 2 saturated carbocycles. The highest BCUT2D eigenvalue weighted by Crippen LogP contribution is 2.42. The predicted octanol–water partition coefficient (Wildman–Crippen LogP) is 4.60. The van der Waals surface area contributed by atoms with Crippen LogP contribution < -0.4 is 5.73 Å². The number of thioether (sulfide) groups is 1. The molecule has 0 bridgehead atoms. The van der Waals surface area contributed by atoms with Crippen molar-refractivity contribution in [1.82, 2.24) is 0 Å². The van der Waals surface area contributed by atoms with Crippen molar-refractivity contribution in [3.63, 3.8) is 0 Å². The summed E-state index contributed by atoms with van der Waals surface area (Å²) < 4.78 is 0. The molecule has 0 aromatic carbocycles. The van der Waals surface area contributed by atoms with Gasteiger partial charge in [0.05, 0.1) is 0 Å². The number of nitrogens with two attached hydrogens (primary N) is 1. The Morgan fingerprint density at radius 2 is 1.83 bits per heavy atom. The molecule has 18 heavy (non-hydrogen) atoms. The molecule has 0 aliphatic heterocycles. The lowest BCUT2D eigenvalue weighted by Crippen LogP contribution is -2.34. The van der Waals surface area contributed by atoms with Gasteiger partial charge in [-0.1, -0.05) is 45.4 Å². The lowest BCUT2D eigenvalue weighted by Gasteiger charge is -2.38. The van der Waals surface area contributed by atoms with Gasteiger partial charge in [-0.05, 0) is 44.1 Å². The molecule has 2 aliphatic carbocycles. The summed E-state index contributed by atoms with van der Waals surface area (Å²) in [5.41, 5.74) is 6.00. The highest BCUT2D eigenvalue weighted by atomic mass is 32.2. The maximum Gasteiger partial charge on any atom is 0.00927 e. The number of hydrogen-bond donors (Lipinski definition) is 1. The predicted molar refractivity (Wildman–Crippen MR) is 83.0 cm³/mol. The Balaban J connectivity index is 1.84. The summed E-state index contributed by atoms with van der Waals surface area (Å²) in [5.74, 6) is 1.81. The second kappa shape index (κ2) is 7.79. The average molecular weight is 269 g/mol. The zero-order valence-electron chi connectivity index (χ0n) is 12.1. The minimum Gasteiger partial charge on any atom is -0.330 e. The van der Waals surface area contributed by atoms with Gasteiger partial charge in [-0.15, -0.1) is 0 Å². The SMILES string of the molecule is CCCC1CCC(CN)C(SC2CCCCC2)C1. The van der Waals surface area contributed by atoms with E-state index in [9.17, 15) is 0 Å². The third-order valence-electron chi connectivity index (χ3n) is 4.96. The first-order valence-electron chi connectivity index (χ1n) is 8.19. The molecular formula is C16H31NS. The van der Waals surface area contributed by atoms with Crippen LogP contribution in [-0.4, -0.2) is 17.0 Å². The quantitative estimate of drug-likeness (QED) is 0.789. The molecule has 0 aromatic rings. The van der Waals surface area contributed by atoms with E-state index in [4.69, 9.17) is 5.73 Å². The van der Waals surface area contributed by atoms with Crippen LogP contribution in [0.25, 0.3) is 0 Å². The van der Waals surface area contributed by atoms with E-state index in [0.29, 0.717) is 0 Å². The molecule has 2 aliphatic rings. The van der Waals surface area contributed by atoms with Gasteiger partial charge in [0, 0.05) is 10.5 Å². The molecule has 0 radical (unpaired) electrons. The third-order valence-corrected chi connectivity index (χ3v) is 6.74. The number of rotatable bonds is 5. The van der Waals surface area contributed by atoms with Crippen molar-refractivity contribution in [1.29, 1.82) is 0 Å². The molecule has 2 N–H and O–H groups in total. The van der Waals surface area contributed by atoms with Crippen LogP contribution in [0.3, 0.4) is 0 Å². The molecule has 2 fully saturated rings. The van der Waals surface area contributed by atoms with Crippen LogP contribution in [0.1, 0.15) is 71.1 Å². The van der Waals surface area contributed by atoms with E-state index in [-0.39, 0.29) is 0 Å². The summed E-state index contributed by atoms with van der Waals surface area (Å²) in [6.45, 7) is 3.25. The number of hydrogen-bond acceptors (Lipinski definition) is 2. The molecule has 3 unspecified atom stereocenters. The van der Waals surface area contributed by atoms with Crippen LogP contribution in [0.4, 0.5) is 0 Å². The van der Waals surface area contributed by atoms with Gasteiger partial charge in [-0.2, -0.15) is 11.8 Å². The van der Waals surface area contributed by atoms with Crippen molar-refractivity contribution in [3.05, 3.63) is 0 Å². The maximum absolute atomic E-state index is 6.00. The zero-order valence-corrected chi connectivity index (χ0v) is 12.9. The van der Waals surface area contributed by atoms with Gasteiger partial charge in [0.25, 0.3) is 0 Å². The second-order valence-corrected chi connectivity index (χ2v) is 7.94. The fourth-order valence-electron chi connectivity index (χ4n) is 3.83. The lowest BCUT2D eigenvalue weighted by molar-refractivity contribution is 0.275. The summed E-state index contributed by atoms with van der Waals surface area (Å²) in [6, 6.07) is 0. The zero-order chi connectivity index (χ0) is 12.8. The van der Waals surface area contributed by atoms with Crippen molar-refractivity contribution in [3.8, 4) is 0 Å². The van der Waals surface area contributed by atoms with E-state index < -0.39 is 0 Å². The van der Waals surface area contributed by atoms with Crippen molar-refractivity contribution in [2.24, 2.45) is 17.6 Å². The Kier molecular flexibility index (Phi) is 6.37. The smallest absolute Gasteiger partial charge is 0.00927 e. The fraction of sp³-hybridized carbons (Fsp3) is 1.00. The van der Waals surface area contributed by atoms with Crippen LogP contribution in [-0.2, 0) is 0 Å². The molecule has 3 atom stereocenters. The first-order chi connectivity index (χ1) is 8.83. The van der Waals surface area contributed by atoms with Gasteiger partial charge in [-0.25, -0.2) is 0 Å². The van der Waals surface area contributed by atoms with E-state index in [1.54, 1.807) is 0 Å². The standard InChI is InChI=1S/C16H31NS/c1-2-6-13-9-10-14(12-17)16(11-13)18-15-7-4-3-5-8-15/h13-16H,2-12,17H2,1H3. The Hall–Kier alpha value is 0.310. The van der Waals surface area contributed by atoms with Crippen LogP contribution >= 0.6 is 11.8 Å². The minimum absolute atomic E-state index is 0.810. The highest BCUT2D eigenvalue weighted by Gasteiger charge is 2.31. The van der Waals surface area contributed by atoms with Crippen molar-refractivity contribution in [2.45, 2.75) is 81.6 Å². The first-order valence-corrected chi connectivity index (χ1v) is 9.13. The van der Waals surface area contributed by atoms with Gasteiger partial charge in [0.15, 0.2) is 0 Å². The van der Waals surface area contributed by atoms with Crippen molar-refractivity contribution in [2.75, 3.05) is 6.54 Å². The van der Waals surface area contributed by atoms with E-state index in [0.717, 1.165) is 28.9 Å². The van der Waals surface area contributed by atoms with Gasteiger partial charge >= 0.3 is 0 Å². The second-order valence-electron chi connectivity index (χ2n) is 6.40. The molecule has 1 nitrogen and oxygen atoms in total. The largest absolute Gasteiger partial charge is 0.330 e. The summed E-state index contributed by atoms with van der Waals surface area (Å²) in [7, 11) is 0. The molecular weight excluding hydrogens is 238 g/mol. The van der Waals surface area contributed by atoms with Gasteiger partial charge < -0.3 is 5.73 Å². The molecule has 0 aromatic heterocycles. The summed E-state index contributed by atoms with van der Waals surface area (Å²) in [6.07, 6.45) is 14.4. The Bertz CT molecular complexity index is 225. The lowest BCUT2D eigenvalue weighted by atomic mass is 9.80. The normalized spacial score (nSPS) is 34.7. The summed E-state index contributed by atoms with van der Waals surface area (Å²) in [5, 5.41) is 1.83. The highest BCUT2D eigenvalue weighted by molar-refractivity contribution is 8.00. The van der Waals surface area contributed by atoms with E-state index in [1.165, 1.54) is 64.2 Å². The monoisotopic (exact) mass is 269 g/mol. The maximum atomic E-state index is 6.00. The van der Waals surface area contributed by atoms with E-state index >= 15 is 0 Å². The van der Waals surface area contributed by atoms with E-state index in [2.05, 4.69) is 18.7 Å². The van der Waals surface area contributed by atoms with Crippen LogP contribution in [0.5, 0.6) is 0 Å². The minimum atomic E-state index is 0.810. The molecule has 0 saturated heterocycles. The Labute approximate surface area is 118 Å². The third kappa shape index (κ3) is 4.16. The molecule has 2 heteroatoms. The van der Waals surface area contributed by atoms with Crippen LogP contribution in [0.2, 0.25) is 0 Å². The van der Waals surface area contributed by atoms with Gasteiger partial charge in [0.2, 0.25) is 0 Å². The summed E-state index contributed by atoms with van der Waals surface area (Å²) in [4.78, 5) is 0. The van der Waals surface area contributed by atoms with Gasteiger partial charge in [0.1, 0.15) is 0 Å². The summed E-state index contributed by atoms with van der Waals surface area (Å²) >= 11 is 2.32. The van der Waals surface area contributed by atoms with Crippen LogP contribution in [0.15, 0.2) is 0 Å². The molecule has 0 amide bonds. The molecule has 0 heterocycles. The molecule has 2 rings (SSSR count). The van der Waals surface area contributed by atoms with Crippen molar-refractivity contribution < 1.29 is 0 Å². The van der Waals surface area contributed by atoms with Crippen LogP contribution in [0, 0.1) is 11.8 Å². The molecule has 106 valence electrons. The Morgan fingerprint density at radius 3 is 2.50 bits per heavy atom. The first kappa shape index (κ1) is 14.7.